The quantitative estimate of drug-likeness (QED) is 0.866. The van der Waals surface area contributed by atoms with Crippen molar-refractivity contribution in [3.63, 3.8) is 0 Å². The maximum atomic E-state index is 13.5. The number of nitrogens with two attached hydrogens (primary N) is 1. The summed E-state index contributed by atoms with van der Waals surface area (Å²) in [6.07, 6.45) is -4.74. The number of rotatable bonds is 3. The topological polar surface area (TPSA) is 38.5 Å². The Morgan fingerprint density at radius 2 is 2.10 bits per heavy atom. The van der Waals surface area contributed by atoms with Crippen molar-refractivity contribution in [1.29, 1.82) is 0 Å². The molecule has 7 heteroatoms. The molecule has 1 aromatic carbocycles. The van der Waals surface area contributed by atoms with Crippen molar-refractivity contribution < 1.29 is 22.3 Å². The Morgan fingerprint density at radius 3 is 2.70 bits per heavy atom. The van der Waals surface area contributed by atoms with E-state index in [9.17, 15) is 17.6 Å². The summed E-state index contributed by atoms with van der Waals surface area (Å²) in [5, 5.41) is 0. The van der Waals surface area contributed by atoms with E-state index in [2.05, 4.69) is 0 Å². The zero-order valence-electron chi connectivity index (χ0n) is 10.8. The highest BCUT2D eigenvalue weighted by Crippen LogP contribution is 2.31. The van der Waals surface area contributed by atoms with E-state index >= 15 is 0 Å². The van der Waals surface area contributed by atoms with Crippen LogP contribution in [0.4, 0.5) is 17.6 Å². The van der Waals surface area contributed by atoms with Gasteiger partial charge in [0.15, 0.2) is 0 Å². The van der Waals surface area contributed by atoms with E-state index < -0.39 is 17.6 Å². The first-order valence-electron chi connectivity index (χ1n) is 6.30. The normalized spacial score (nSPS) is 21.1. The number of alkyl halides is 3. The molecule has 1 heterocycles. The maximum Gasteiger partial charge on any atom is 0.419 e. The molecule has 112 valence electrons. The van der Waals surface area contributed by atoms with Gasteiger partial charge in [-0.2, -0.15) is 13.2 Å². The van der Waals surface area contributed by atoms with Gasteiger partial charge in [-0.25, -0.2) is 4.39 Å². The number of hydrogen-bond donors (Lipinski definition) is 1. The molecule has 0 spiro atoms. The van der Waals surface area contributed by atoms with Crippen LogP contribution in [0.2, 0.25) is 0 Å². The van der Waals surface area contributed by atoms with Crippen LogP contribution >= 0.6 is 0 Å². The van der Waals surface area contributed by atoms with Crippen molar-refractivity contribution in [3.8, 4) is 0 Å². The molecule has 1 atom stereocenters. The van der Waals surface area contributed by atoms with Gasteiger partial charge in [0, 0.05) is 26.2 Å². The van der Waals surface area contributed by atoms with Crippen molar-refractivity contribution in [1.82, 2.24) is 4.90 Å². The molecular formula is C13H16F4N2O. The Balaban J connectivity index is 2.05. The Labute approximate surface area is 114 Å². The lowest BCUT2D eigenvalue weighted by Gasteiger charge is -2.32. The van der Waals surface area contributed by atoms with Gasteiger partial charge in [0.1, 0.15) is 5.82 Å². The average Bonchev–Trinajstić information content (AvgIpc) is 2.37. The number of ether oxygens (including phenoxy) is 1. The first kappa shape index (κ1) is 15.2. The summed E-state index contributed by atoms with van der Waals surface area (Å²) in [5.41, 5.74) is 4.79. The smallest absolute Gasteiger partial charge is 0.374 e. The van der Waals surface area contributed by atoms with Crippen LogP contribution in [-0.4, -0.2) is 37.2 Å². The van der Waals surface area contributed by atoms with Gasteiger partial charge < -0.3 is 10.5 Å². The van der Waals surface area contributed by atoms with Gasteiger partial charge in [-0.1, -0.05) is 6.07 Å². The predicted octanol–water partition coefficient (Wildman–Crippen LogP) is 2.00. The highest BCUT2D eigenvalue weighted by Gasteiger charge is 2.34. The monoisotopic (exact) mass is 292 g/mol. The summed E-state index contributed by atoms with van der Waals surface area (Å²) in [7, 11) is 0. The van der Waals surface area contributed by atoms with E-state index in [4.69, 9.17) is 10.5 Å². The van der Waals surface area contributed by atoms with Crippen molar-refractivity contribution in [2.24, 2.45) is 5.73 Å². The van der Waals surface area contributed by atoms with Crippen molar-refractivity contribution in [3.05, 3.63) is 35.1 Å². The Bertz CT molecular complexity index is 464. The van der Waals surface area contributed by atoms with Gasteiger partial charge in [0.05, 0.1) is 18.3 Å². The van der Waals surface area contributed by atoms with E-state index in [1.54, 1.807) is 0 Å². The van der Waals surface area contributed by atoms with Crippen LogP contribution < -0.4 is 5.73 Å². The number of morpholine rings is 1. The van der Waals surface area contributed by atoms with Gasteiger partial charge >= 0.3 is 6.18 Å². The molecule has 2 rings (SSSR count). The second-order valence-electron chi connectivity index (χ2n) is 4.78. The molecule has 1 aliphatic rings. The van der Waals surface area contributed by atoms with Crippen LogP contribution in [0.25, 0.3) is 0 Å². The Hall–Kier alpha value is -1.18. The molecule has 0 saturated carbocycles. The third-order valence-corrected chi connectivity index (χ3v) is 3.23. The average molecular weight is 292 g/mol. The maximum absolute atomic E-state index is 13.5. The molecule has 0 amide bonds. The molecule has 0 radical (unpaired) electrons. The molecule has 20 heavy (non-hydrogen) atoms. The second-order valence-corrected chi connectivity index (χ2v) is 4.78. The molecule has 2 N–H and O–H groups in total. The van der Waals surface area contributed by atoms with Gasteiger partial charge in [0.25, 0.3) is 0 Å². The SMILES string of the molecule is NC[C@H]1CN(Cc2ccc(C(F)(F)F)c(F)c2)CCO1. The predicted molar refractivity (Wildman–Crippen MR) is 65.5 cm³/mol. The summed E-state index contributed by atoms with van der Waals surface area (Å²) in [5.74, 6) is -1.24. The zero-order valence-corrected chi connectivity index (χ0v) is 10.8. The van der Waals surface area contributed by atoms with Crippen molar-refractivity contribution in [2.45, 2.75) is 18.8 Å². The van der Waals surface area contributed by atoms with E-state index in [0.717, 1.165) is 12.1 Å². The molecule has 3 nitrogen and oxygen atoms in total. The van der Waals surface area contributed by atoms with E-state index in [0.29, 0.717) is 38.3 Å². The van der Waals surface area contributed by atoms with E-state index in [1.165, 1.54) is 6.07 Å². The fourth-order valence-corrected chi connectivity index (χ4v) is 2.21. The Kier molecular flexibility index (Phi) is 4.62. The Morgan fingerprint density at radius 1 is 1.35 bits per heavy atom. The van der Waals surface area contributed by atoms with Crippen LogP contribution in [-0.2, 0) is 17.5 Å². The van der Waals surface area contributed by atoms with E-state index in [1.807, 2.05) is 4.90 Å². The largest absolute Gasteiger partial charge is 0.419 e. The van der Waals surface area contributed by atoms with Gasteiger partial charge in [0.2, 0.25) is 0 Å². The zero-order chi connectivity index (χ0) is 14.8. The molecule has 0 aliphatic carbocycles. The summed E-state index contributed by atoms with van der Waals surface area (Å²) in [6.45, 7) is 2.54. The van der Waals surface area contributed by atoms with Crippen LogP contribution in [0.15, 0.2) is 18.2 Å². The minimum absolute atomic E-state index is 0.0805. The molecule has 0 bridgehead atoms. The number of hydrogen-bond acceptors (Lipinski definition) is 3. The third kappa shape index (κ3) is 3.68. The molecule has 1 aliphatic heterocycles. The molecule has 0 aromatic heterocycles. The number of halogens is 4. The standard InChI is InChI=1S/C13H16F4N2O/c14-12-5-9(1-2-11(12)13(15,16)17)7-19-3-4-20-10(6-18)8-19/h1-2,5,10H,3-4,6-8,18H2/t10-/m0/s1. The van der Waals surface area contributed by atoms with Crippen LogP contribution in [0, 0.1) is 5.82 Å². The minimum atomic E-state index is -4.66. The first-order valence-corrected chi connectivity index (χ1v) is 6.30. The molecule has 1 saturated heterocycles. The summed E-state index contributed by atoms with van der Waals surface area (Å²) in [4.78, 5) is 1.99. The van der Waals surface area contributed by atoms with Gasteiger partial charge in [-0.3, -0.25) is 4.90 Å². The van der Waals surface area contributed by atoms with Crippen LogP contribution in [0.3, 0.4) is 0 Å². The highest BCUT2D eigenvalue weighted by molar-refractivity contribution is 5.26. The number of benzene rings is 1. The highest BCUT2D eigenvalue weighted by atomic mass is 19.4. The fourth-order valence-electron chi connectivity index (χ4n) is 2.21. The number of nitrogens with zero attached hydrogens (tertiary/aromatic N) is 1. The molecule has 1 fully saturated rings. The molecular weight excluding hydrogens is 276 g/mol. The van der Waals surface area contributed by atoms with Gasteiger partial charge in [-0.05, 0) is 17.7 Å². The third-order valence-electron chi connectivity index (χ3n) is 3.23. The fraction of sp³-hybridized carbons (Fsp3) is 0.538. The first-order chi connectivity index (χ1) is 9.40. The summed E-state index contributed by atoms with van der Waals surface area (Å²) < 4.78 is 56.2. The van der Waals surface area contributed by atoms with Crippen molar-refractivity contribution >= 4 is 0 Å². The second kappa shape index (κ2) is 6.07. The van der Waals surface area contributed by atoms with Crippen LogP contribution in [0.1, 0.15) is 11.1 Å². The van der Waals surface area contributed by atoms with Crippen LogP contribution in [0.5, 0.6) is 0 Å². The van der Waals surface area contributed by atoms with E-state index in [-0.39, 0.29) is 6.10 Å². The minimum Gasteiger partial charge on any atom is -0.374 e. The summed E-state index contributed by atoms with van der Waals surface area (Å²) >= 11 is 0. The molecule has 0 unspecified atom stereocenters. The molecule has 1 aromatic rings. The lowest BCUT2D eigenvalue weighted by Crippen LogP contribution is -2.45. The lowest BCUT2D eigenvalue weighted by atomic mass is 10.1. The van der Waals surface area contributed by atoms with Crippen molar-refractivity contribution in [2.75, 3.05) is 26.2 Å². The lowest BCUT2D eigenvalue weighted by molar-refractivity contribution is -0.140. The summed E-state index contributed by atoms with van der Waals surface area (Å²) in [6, 6.07) is 3.03. The van der Waals surface area contributed by atoms with Gasteiger partial charge in [-0.15, -0.1) is 0 Å².